The summed E-state index contributed by atoms with van der Waals surface area (Å²) in [6.45, 7) is 11.2. The van der Waals surface area contributed by atoms with Crippen molar-refractivity contribution in [2.24, 2.45) is 5.14 Å². The number of nitrogens with two attached hydrogens (primary N) is 1. The molecule has 300 valence electrons. The molecule has 0 radical (unpaired) electrons. The van der Waals surface area contributed by atoms with E-state index < -0.39 is 26.1 Å². The number of benzene rings is 5. The highest BCUT2D eigenvalue weighted by Crippen LogP contribution is 2.32. The van der Waals surface area contributed by atoms with Crippen LogP contribution in [0.5, 0.6) is 11.5 Å². The zero-order valence-corrected chi connectivity index (χ0v) is 34.2. The van der Waals surface area contributed by atoms with Crippen LogP contribution in [-0.2, 0) is 33.3 Å². The van der Waals surface area contributed by atoms with Crippen molar-refractivity contribution in [3.63, 3.8) is 0 Å². The summed E-state index contributed by atoms with van der Waals surface area (Å²) in [5.41, 5.74) is 4.64. The Balaban J connectivity index is 0.000000290. The summed E-state index contributed by atoms with van der Waals surface area (Å²) in [4.78, 5) is 36.0. The molecule has 0 aliphatic rings. The SMILES string of the molecule is CC(=O)c1ccccc1OCc1cccc(S(=O)(=O)NC(=O)Nc2c(C(C)C)cccc2C(C)C)c1.CC(=O)c1ccccc1OCc1cccc(S(N)(=O)=O)c1. The molecule has 57 heavy (non-hydrogen) atoms. The molecule has 0 aromatic heterocycles. The number of primary sulfonamides is 1. The van der Waals surface area contributed by atoms with Crippen LogP contribution in [0, 0.1) is 0 Å². The lowest BCUT2D eigenvalue weighted by Crippen LogP contribution is -2.35. The molecule has 0 saturated heterocycles. The Bertz CT molecular complexity index is 2440. The van der Waals surface area contributed by atoms with Crippen molar-refractivity contribution in [2.75, 3.05) is 5.32 Å². The van der Waals surface area contributed by atoms with Crippen LogP contribution in [0.4, 0.5) is 10.5 Å². The maximum absolute atomic E-state index is 13.0. The molecule has 5 aromatic carbocycles. The Morgan fingerprint density at radius 2 is 1.02 bits per heavy atom. The van der Waals surface area contributed by atoms with Crippen LogP contribution in [-0.4, -0.2) is 34.4 Å². The molecule has 0 atom stereocenters. The van der Waals surface area contributed by atoms with Crippen LogP contribution in [0.15, 0.2) is 125 Å². The van der Waals surface area contributed by atoms with E-state index in [-0.39, 0.29) is 46.4 Å². The first kappa shape index (κ1) is 43.9. The second-order valence-electron chi connectivity index (χ2n) is 13.7. The summed E-state index contributed by atoms with van der Waals surface area (Å²) in [6, 6.07) is 31.0. The minimum Gasteiger partial charge on any atom is -0.488 e. The van der Waals surface area contributed by atoms with Gasteiger partial charge in [0.15, 0.2) is 11.6 Å². The van der Waals surface area contributed by atoms with Crippen molar-refractivity contribution in [3.8, 4) is 11.5 Å². The quantitative estimate of drug-likeness (QED) is 0.0926. The molecule has 0 spiro atoms. The Labute approximate surface area is 334 Å². The molecule has 4 N–H and O–H groups in total. The van der Waals surface area contributed by atoms with Gasteiger partial charge in [0.25, 0.3) is 10.0 Å². The summed E-state index contributed by atoms with van der Waals surface area (Å²) in [5, 5.41) is 7.84. The summed E-state index contributed by atoms with van der Waals surface area (Å²) in [7, 11) is -7.88. The number of carbonyl (C=O) groups excluding carboxylic acids is 3. The van der Waals surface area contributed by atoms with Crippen LogP contribution >= 0.6 is 0 Å². The molecule has 5 aromatic rings. The Kier molecular flexibility index (Phi) is 14.9. The summed E-state index contributed by atoms with van der Waals surface area (Å²) in [6.07, 6.45) is 0. The van der Waals surface area contributed by atoms with E-state index in [0.29, 0.717) is 39.4 Å². The third-order valence-electron chi connectivity index (χ3n) is 8.60. The molecule has 0 heterocycles. The number of urea groups is 1. The van der Waals surface area contributed by atoms with Crippen LogP contribution in [0.25, 0.3) is 0 Å². The van der Waals surface area contributed by atoms with Gasteiger partial charge in [-0.2, -0.15) is 0 Å². The van der Waals surface area contributed by atoms with Gasteiger partial charge in [-0.05, 0) is 96.5 Å². The van der Waals surface area contributed by atoms with Gasteiger partial charge in [0.05, 0.1) is 20.9 Å². The fourth-order valence-electron chi connectivity index (χ4n) is 5.72. The summed E-state index contributed by atoms with van der Waals surface area (Å²) < 4.78 is 62.0. The summed E-state index contributed by atoms with van der Waals surface area (Å²) >= 11 is 0. The first-order valence-corrected chi connectivity index (χ1v) is 21.0. The molecule has 5 rings (SSSR count). The van der Waals surface area contributed by atoms with E-state index >= 15 is 0 Å². The van der Waals surface area contributed by atoms with Crippen LogP contribution in [0.3, 0.4) is 0 Å². The number of rotatable bonds is 14. The van der Waals surface area contributed by atoms with Gasteiger partial charge in [0.2, 0.25) is 10.0 Å². The van der Waals surface area contributed by atoms with E-state index in [1.807, 2.05) is 45.9 Å². The number of sulfonamides is 2. The standard InChI is InChI=1S/C28H32N2O5S.C15H15NO4S/c1-18(2)23-13-9-14-24(19(3)4)27(23)29-28(32)30-36(33,34)22-11-8-10-21(16-22)17-35-26-15-7-6-12-25(26)20(5)31;1-11(17)14-7-2-3-8-15(14)20-10-12-5-4-6-13(9-12)21(16,18)19/h6-16,18-19H,17H2,1-5H3,(H2,29,30,32);2-9H,10H2,1H3,(H2,16,18,19). The van der Waals surface area contributed by atoms with Crippen molar-refractivity contribution in [3.05, 3.63) is 149 Å². The lowest BCUT2D eigenvalue weighted by atomic mass is 9.93. The maximum Gasteiger partial charge on any atom is 0.333 e. The molecule has 0 saturated carbocycles. The molecule has 0 aliphatic heterocycles. The van der Waals surface area contributed by atoms with Crippen LogP contribution in [0.1, 0.15) is 96.3 Å². The lowest BCUT2D eigenvalue weighted by Gasteiger charge is -2.20. The number of amides is 2. The molecule has 0 fully saturated rings. The third-order valence-corrected chi connectivity index (χ3v) is 10.8. The van der Waals surface area contributed by atoms with Crippen molar-refractivity contribution in [2.45, 2.75) is 76.4 Å². The second kappa shape index (κ2) is 19.4. The van der Waals surface area contributed by atoms with E-state index in [1.54, 1.807) is 72.8 Å². The zero-order valence-electron chi connectivity index (χ0n) is 32.6. The number of Topliss-reactive ketones (excluding diaryl/α,β-unsaturated/α-hetero) is 2. The molecule has 0 unspecified atom stereocenters. The normalized spacial score (nSPS) is 11.3. The van der Waals surface area contributed by atoms with Crippen LogP contribution < -0.4 is 24.7 Å². The summed E-state index contributed by atoms with van der Waals surface area (Å²) in [5.74, 6) is 0.938. The average molecular weight is 814 g/mol. The molecular weight excluding hydrogens is 767 g/mol. The van der Waals surface area contributed by atoms with Gasteiger partial charge in [-0.3, -0.25) is 9.59 Å². The first-order chi connectivity index (χ1) is 26.9. The van der Waals surface area contributed by atoms with Gasteiger partial charge in [-0.15, -0.1) is 0 Å². The van der Waals surface area contributed by atoms with Gasteiger partial charge < -0.3 is 14.8 Å². The highest BCUT2D eigenvalue weighted by Gasteiger charge is 2.22. The molecule has 14 heteroatoms. The molecule has 0 bridgehead atoms. The number of anilines is 1. The fraction of sp³-hybridized carbons (Fsp3) is 0.233. The van der Waals surface area contributed by atoms with E-state index in [4.69, 9.17) is 14.6 Å². The third kappa shape index (κ3) is 12.3. The van der Waals surface area contributed by atoms with Gasteiger partial charge in [0, 0.05) is 5.69 Å². The van der Waals surface area contributed by atoms with Crippen molar-refractivity contribution >= 4 is 43.3 Å². The number of ether oxygens (including phenoxy) is 2. The van der Waals surface area contributed by atoms with Crippen molar-refractivity contribution < 1.29 is 40.7 Å². The van der Waals surface area contributed by atoms with E-state index in [9.17, 15) is 31.2 Å². The maximum atomic E-state index is 13.0. The van der Waals surface area contributed by atoms with Crippen molar-refractivity contribution in [1.82, 2.24) is 4.72 Å². The van der Waals surface area contributed by atoms with E-state index in [1.165, 1.54) is 38.1 Å². The van der Waals surface area contributed by atoms with Gasteiger partial charge in [-0.1, -0.05) is 94.4 Å². The first-order valence-electron chi connectivity index (χ1n) is 18.0. The zero-order chi connectivity index (χ0) is 41.9. The van der Waals surface area contributed by atoms with Crippen molar-refractivity contribution in [1.29, 1.82) is 0 Å². The van der Waals surface area contributed by atoms with Gasteiger partial charge in [-0.25, -0.2) is 31.5 Å². The predicted molar refractivity (Wildman–Crippen MR) is 220 cm³/mol. The number of ketones is 2. The fourth-order valence-corrected chi connectivity index (χ4v) is 7.28. The number of hydrogen-bond acceptors (Lipinski definition) is 9. The Morgan fingerprint density at radius 3 is 1.46 bits per heavy atom. The Morgan fingerprint density at radius 1 is 0.596 bits per heavy atom. The average Bonchev–Trinajstić information content (AvgIpc) is 3.16. The molecule has 2 amide bonds. The smallest absolute Gasteiger partial charge is 0.333 e. The van der Waals surface area contributed by atoms with Gasteiger partial charge in [0.1, 0.15) is 24.7 Å². The number of nitrogens with one attached hydrogen (secondary N) is 2. The number of hydrogen-bond donors (Lipinski definition) is 3. The van der Waals surface area contributed by atoms with E-state index in [0.717, 1.165) is 11.1 Å². The predicted octanol–water partition coefficient (Wildman–Crippen LogP) is 8.34. The molecule has 0 aliphatic carbocycles. The number of carbonyl (C=O) groups is 3. The van der Waals surface area contributed by atoms with Crippen LogP contribution in [0.2, 0.25) is 0 Å². The monoisotopic (exact) mass is 813 g/mol. The minimum atomic E-state index is -4.14. The molecular formula is C43H47N3O9S2. The van der Waals surface area contributed by atoms with E-state index in [2.05, 4.69) is 10.0 Å². The largest absolute Gasteiger partial charge is 0.488 e. The lowest BCUT2D eigenvalue weighted by molar-refractivity contribution is 0.1000. The second-order valence-corrected chi connectivity index (χ2v) is 16.9. The Hall–Kier alpha value is -5.83. The van der Waals surface area contributed by atoms with Gasteiger partial charge >= 0.3 is 6.03 Å². The topological polar surface area (TPSA) is 188 Å². The molecule has 12 nitrogen and oxygen atoms in total. The highest BCUT2D eigenvalue weighted by atomic mass is 32.2. The number of para-hydroxylation sites is 3. The highest BCUT2D eigenvalue weighted by molar-refractivity contribution is 7.90. The minimum absolute atomic E-state index is 0.0310.